The highest BCUT2D eigenvalue weighted by molar-refractivity contribution is 5.58. The third-order valence-corrected chi connectivity index (χ3v) is 5.83. The Morgan fingerprint density at radius 1 is 1.13 bits per heavy atom. The molecule has 0 spiro atoms. The second-order valence-corrected chi connectivity index (χ2v) is 7.61. The first-order valence-corrected chi connectivity index (χ1v) is 9.59. The van der Waals surface area contributed by atoms with Crippen molar-refractivity contribution in [2.75, 3.05) is 25.1 Å². The molecule has 0 amide bonds. The van der Waals surface area contributed by atoms with Gasteiger partial charge in [-0.3, -0.25) is 0 Å². The van der Waals surface area contributed by atoms with Crippen LogP contribution in [0.2, 0.25) is 0 Å². The van der Waals surface area contributed by atoms with Crippen molar-refractivity contribution in [1.82, 2.24) is 19.8 Å². The molecule has 6 nitrogen and oxygen atoms in total. The summed E-state index contributed by atoms with van der Waals surface area (Å²) in [5.74, 6) is -1.19. The van der Waals surface area contributed by atoms with Crippen molar-refractivity contribution in [2.24, 2.45) is 0 Å². The minimum atomic E-state index is -4.67. The summed E-state index contributed by atoms with van der Waals surface area (Å²) in [5, 5.41) is 14.3. The Morgan fingerprint density at radius 3 is 2.53 bits per heavy atom. The molecule has 1 aliphatic heterocycles. The van der Waals surface area contributed by atoms with Crippen LogP contribution in [-0.2, 0) is 16.3 Å². The predicted molar refractivity (Wildman–Crippen MR) is 102 cm³/mol. The third kappa shape index (κ3) is 3.60. The zero-order valence-electron chi connectivity index (χ0n) is 16.6. The molecule has 0 saturated carbocycles. The molecule has 4 rings (SSSR count). The van der Waals surface area contributed by atoms with E-state index >= 15 is 0 Å². The molecule has 10 heteroatoms. The number of rotatable bonds is 4. The van der Waals surface area contributed by atoms with E-state index in [1.807, 2.05) is 6.07 Å². The summed E-state index contributed by atoms with van der Waals surface area (Å²) < 4.78 is 59.9. The van der Waals surface area contributed by atoms with Gasteiger partial charge < -0.3 is 10.1 Å². The number of anilines is 1. The van der Waals surface area contributed by atoms with Crippen molar-refractivity contribution in [3.63, 3.8) is 0 Å². The topological polar surface area (TPSA) is 64.3 Å². The first-order chi connectivity index (χ1) is 14.2. The maximum Gasteiger partial charge on any atom is 0.453 e. The molecular weight excluding hydrogens is 402 g/mol. The van der Waals surface area contributed by atoms with Gasteiger partial charge in [-0.1, -0.05) is 12.1 Å². The minimum Gasteiger partial charge on any atom is -0.381 e. The molecule has 3 aromatic rings. The number of aryl methyl sites for hydroxylation is 1. The van der Waals surface area contributed by atoms with Gasteiger partial charge in [-0.05, 0) is 49.9 Å². The Hall–Kier alpha value is -2.75. The van der Waals surface area contributed by atoms with E-state index in [1.165, 1.54) is 12.1 Å². The van der Waals surface area contributed by atoms with Crippen LogP contribution in [0.4, 0.5) is 23.4 Å². The molecule has 0 atom stereocenters. The van der Waals surface area contributed by atoms with E-state index in [2.05, 4.69) is 20.6 Å². The number of fused-ring (bicyclic) bond motifs is 1. The van der Waals surface area contributed by atoms with E-state index in [-0.39, 0.29) is 11.5 Å². The first kappa shape index (κ1) is 20.5. The second-order valence-electron chi connectivity index (χ2n) is 7.61. The van der Waals surface area contributed by atoms with E-state index in [0.717, 1.165) is 10.1 Å². The lowest BCUT2D eigenvalue weighted by atomic mass is 9.74. The Balaban J connectivity index is 1.71. The smallest absolute Gasteiger partial charge is 0.381 e. The van der Waals surface area contributed by atoms with Crippen molar-refractivity contribution < 1.29 is 22.3 Å². The molecule has 2 aromatic heterocycles. The second kappa shape index (κ2) is 7.50. The lowest BCUT2D eigenvalue weighted by Gasteiger charge is -2.38. The van der Waals surface area contributed by atoms with E-state index in [9.17, 15) is 17.6 Å². The summed E-state index contributed by atoms with van der Waals surface area (Å²) in [6, 6.07) is 6.42. The van der Waals surface area contributed by atoms with Crippen molar-refractivity contribution in [3.05, 3.63) is 52.6 Å². The molecule has 1 saturated heterocycles. The molecule has 0 aliphatic carbocycles. The quantitative estimate of drug-likeness (QED) is 0.642. The molecule has 160 valence electrons. The average molecular weight is 423 g/mol. The normalized spacial score (nSPS) is 16.7. The van der Waals surface area contributed by atoms with Crippen molar-refractivity contribution in [2.45, 2.75) is 38.3 Å². The van der Waals surface area contributed by atoms with Crippen LogP contribution in [0, 0.1) is 19.7 Å². The van der Waals surface area contributed by atoms with Crippen LogP contribution >= 0.6 is 0 Å². The van der Waals surface area contributed by atoms with Crippen LogP contribution < -0.4 is 5.32 Å². The molecule has 1 aliphatic rings. The molecule has 1 fully saturated rings. The van der Waals surface area contributed by atoms with Gasteiger partial charge in [0, 0.05) is 30.7 Å². The lowest BCUT2D eigenvalue weighted by Crippen LogP contribution is -2.40. The zero-order chi connectivity index (χ0) is 21.5. The maximum absolute atomic E-state index is 13.9. The fraction of sp³-hybridized carbons (Fsp3) is 0.450. The van der Waals surface area contributed by atoms with Gasteiger partial charge in [-0.15, -0.1) is 15.3 Å². The highest BCUT2D eigenvalue weighted by Gasteiger charge is 2.39. The fourth-order valence-corrected chi connectivity index (χ4v) is 3.87. The van der Waals surface area contributed by atoms with Gasteiger partial charge in [0.15, 0.2) is 5.65 Å². The minimum absolute atomic E-state index is 0.0660. The number of alkyl halides is 3. The molecular formula is C20H21F4N5O. The standard InChI is InChI=1S/C20H21F4N5O/c1-12-13(2)17-26-27-18(20(22,23)24)29(17)28-16(12)25-11-19(6-8-30-9-7-19)14-4-3-5-15(21)10-14/h3-5,10H,6-9,11H2,1-2H3,(H,25,28). The molecule has 30 heavy (non-hydrogen) atoms. The largest absolute Gasteiger partial charge is 0.453 e. The summed E-state index contributed by atoms with van der Waals surface area (Å²) in [7, 11) is 0. The number of nitrogens with one attached hydrogen (secondary N) is 1. The van der Waals surface area contributed by atoms with Gasteiger partial charge in [0.1, 0.15) is 11.6 Å². The van der Waals surface area contributed by atoms with Crippen molar-refractivity contribution in [1.29, 1.82) is 0 Å². The summed E-state index contributed by atoms with van der Waals surface area (Å²) in [5.41, 5.74) is 1.72. The van der Waals surface area contributed by atoms with Gasteiger partial charge in [-0.25, -0.2) is 4.39 Å². The highest BCUT2D eigenvalue weighted by Crippen LogP contribution is 2.36. The number of halogens is 4. The highest BCUT2D eigenvalue weighted by atomic mass is 19.4. The summed E-state index contributed by atoms with van der Waals surface area (Å²) in [6.45, 7) is 4.87. The Bertz CT molecular complexity index is 1070. The van der Waals surface area contributed by atoms with E-state index in [4.69, 9.17) is 4.74 Å². The number of aromatic nitrogens is 4. The number of nitrogens with zero attached hydrogens (tertiary/aromatic N) is 4. The van der Waals surface area contributed by atoms with E-state index in [0.29, 0.717) is 49.5 Å². The third-order valence-electron chi connectivity index (χ3n) is 5.83. The molecule has 3 heterocycles. The van der Waals surface area contributed by atoms with Crippen molar-refractivity contribution in [3.8, 4) is 0 Å². The SMILES string of the molecule is Cc1c(NCC2(c3cccc(F)c3)CCOCC2)nn2c(C(F)(F)F)nnc2c1C. The maximum atomic E-state index is 13.9. The molecule has 0 unspecified atom stereocenters. The van der Waals surface area contributed by atoms with Gasteiger partial charge in [0.25, 0.3) is 5.82 Å². The Labute approximate surface area is 170 Å². The van der Waals surface area contributed by atoms with Crippen LogP contribution in [0.3, 0.4) is 0 Å². The summed E-state index contributed by atoms with van der Waals surface area (Å²) in [4.78, 5) is 0. The van der Waals surface area contributed by atoms with Crippen LogP contribution in [-0.4, -0.2) is 39.6 Å². The fourth-order valence-electron chi connectivity index (χ4n) is 3.87. The van der Waals surface area contributed by atoms with E-state index in [1.54, 1.807) is 19.9 Å². The average Bonchev–Trinajstić information content (AvgIpc) is 3.15. The number of ether oxygens (including phenoxy) is 1. The monoisotopic (exact) mass is 423 g/mol. The predicted octanol–water partition coefficient (Wildman–Crippen LogP) is 4.06. The molecule has 1 aromatic carbocycles. The van der Waals surface area contributed by atoms with Crippen molar-refractivity contribution >= 4 is 11.5 Å². The van der Waals surface area contributed by atoms with Gasteiger partial charge in [0.2, 0.25) is 0 Å². The van der Waals surface area contributed by atoms with Gasteiger partial charge in [0.05, 0.1) is 0 Å². The number of hydrogen-bond donors (Lipinski definition) is 1. The number of hydrogen-bond acceptors (Lipinski definition) is 5. The van der Waals surface area contributed by atoms with Crippen LogP contribution in [0.1, 0.15) is 35.4 Å². The lowest BCUT2D eigenvalue weighted by molar-refractivity contribution is -0.146. The van der Waals surface area contributed by atoms with Crippen LogP contribution in [0.5, 0.6) is 0 Å². The van der Waals surface area contributed by atoms with Crippen LogP contribution in [0.15, 0.2) is 24.3 Å². The zero-order valence-corrected chi connectivity index (χ0v) is 16.6. The van der Waals surface area contributed by atoms with E-state index < -0.39 is 17.4 Å². The number of benzene rings is 1. The summed E-state index contributed by atoms with van der Waals surface area (Å²) in [6.07, 6.45) is -3.36. The molecule has 0 bridgehead atoms. The molecule has 1 N–H and O–H groups in total. The summed E-state index contributed by atoms with van der Waals surface area (Å²) >= 11 is 0. The van der Waals surface area contributed by atoms with Gasteiger partial charge >= 0.3 is 6.18 Å². The Kier molecular flexibility index (Phi) is 5.13. The van der Waals surface area contributed by atoms with Crippen LogP contribution in [0.25, 0.3) is 5.65 Å². The first-order valence-electron chi connectivity index (χ1n) is 9.59. The van der Waals surface area contributed by atoms with Gasteiger partial charge in [-0.2, -0.15) is 17.7 Å². The Morgan fingerprint density at radius 2 is 1.87 bits per heavy atom. The molecule has 0 radical (unpaired) electrons.